The second-order valence-electron chi connectivity index (χ2n) is 6.17. The molecule has 2 atom stereocenters. The number of nitrogens with one attached hydrogen (secondary N) is 1. The second-order valence-corrected chi connectivity index (χ2v) is 6.17. The first-order valence-electron chi connectivity index (χ1n) is 8.21. The van der Waals surface area contributed by atoms with Gasteiger partial charge in [-0.2, -0.15) is 0 Å². The number of anilines is 1. The first-order chi connectivity index (χ1) is 12.4. The molecule has 1 amide bonds. The molecule has 2 aromatic rings. The molecule has 7 nitrogen and oxygen atoms in total. The third kappa shape index (κ3) is 3.96. The number of nitrogens with zero attached hydrogens (tertiary/aromatic N) is 2. The standard InChI is InChI=1S/C18H18FN3O4/c1-10(18(24)25)26-16-5-3-13(7-14(16)19)22-17(23)11-2-4-15-12(6-11)8-20-9-21-15/h3,5,7-11H,2,4,6H2,1H3,(H,22,23)(H,24,25). The van der Waals surface area contributed by atoms with E-state index >= 15 is 0 Å². The highest BCUT2D eigenvalue weighted by Crippen LogP contribution is 2.26. The van der Waals surface area contributed by atoms with Gasteiger partial charge in [0.1, 0.15) is 6.33 Å². The minimum atomic E-state index is -1.19. The molecule has 0 spiro atoms. The number of carboxylic acids is 1. The third-order valence-electron chi connectivity index (χ3n) is 4.30. The van der Waals surface area contributed by atoms with Gasteiger partial charge in [0.2, 0.25) is 5.91 Å². The molecule has 136 valence electrons. The number of hydrogen-bond acceptors (Lipinski definition) is 5. The number of benzene rings is 1. The van der Waals surface area contributed by atoms with E-state index in [0.717, 1.165) is 17.3 Å². The SMILES string of the molecule is CC(Oc1ccc(NC(=O)C2CCc3ncncc3C2)cc1F)C(=O)O. The Kier molecular flexibility index (Phi) is 5.11. The number of aliphatic carboxylic acids is 1. The van der Waals surface area contributed by atoms with Crippen LogP contribution in [0.2, 0.25) is 0 Å². The van der Waals surface area contributed by atoms with Crippen LogP contribution in [0, 0.1) is 11.7 Å². The number of aromatic nitrogens is 2. The smallest absolute Gasteiger partial charge is 0.344 e. The van der Waals surface area contributed by atoms with Crippen LogP contribution < -0.4 is 10.1 Å². The van der Waals surface area contributed by atoms with E-state index in [0.29, 0.717) is 19.3 Å². The zero-order valence-corrected chi connectivity index (χ0v) is 14.1. The first-order valence-corrected chi connectivity index (χ1v) is 8.21. The predicted molar refractivity (Wildman–Crippen MR) is 90.3 cm³/mol. The van der Waals surface area contributed by atoms with E-state index < -0.39 is 17.9 Å². The molecule has 0 bridgehead atoms. The van der Waals surface area contributed by atoms with Gasteiger partial charge >= 0.3 is 5.97 Å². The van der Waals surface area contributed by atoms with Gasteiger partial charge < -0.3 is 15.2 Å². The first kappa shape index (κ1) is 17.8. The molecule has 0 fully saturated rings. The van der Waals surface area contributed by atoms with Crippen molar-refractivity contribution in [3.63, 3.8) is 0 Å². The fourth-order valence-electron chi connectivity index (χ4n) is 2.84. The summed E-state index contributed by atoms with van der Waals surface area (Å²) in [4.78, 5) is 31.4. The van der Waals surface area contributed by atoms with Crippen LogP contribution in [0.4, 0.5) is 10.1 Å². The monoisotopic (exact) mass is 359 g/mol. The number of carbonyl (C=O) groups is 2. The van der Waals surface area contributed by atoms with Crippen molar-refractivity contribution >= 4 is 17.6 Å². The van der Waals surface area contributed by atoms with Crippen LogP contribution in [-0.2, 0) is 22.4 Å². The Hall–Kier alpha value is -3.03. The molecular weight excluding hydrogens is 341 g/mol. The van der Waals surface area contributed by atoms with E-state index in [1.807, 2.05) is 0 Å². The maximum absolute atomic E-state index is 14.1. The lowest BCUT2D eigenvalue weighted by Crippen LogP contribution is -2.28. The van der Waals surface area contributed by atoms with E-state index in [1.165, 1.54) is 25.4 Å². The number of ether oxygens (including phenoxy) is 1. The minimum Gasteiger partial charge on any atom is -0.479 e. The second kappa shape index (κ2) is 7.47. The molecular formula is C18H18FN3O4. The van der Waals surface area contributed by atoms with Gasteiger partial charge in [-0.25, -0.2) is 19.2 Å². The highest BCUT2D eigenvalue weighted by molar-refractivity contribution is 5.93. The highest BCUT2D eigenvalue weighted by atomic mass is 19.1. The van der Waals surface area contributed by atoms with Gasteiger partial charge in [0, 0.05) is 29.6 Å². The number of fused-ring (bicyclic) bond motifs is 1. The van der Waals surface area contributed by atoms with Crippen molar-refractivity contribution in [1.82, 2.24) is 9.97 Å². The van der Waals surface area contributed by atoms with Crippen molar-refractivity contribution in [1.29, 1.82) is 0 Å². The largest absolute Gasteiger partial charge is 0.479 e. The van der Waals surface area contributed by atoms with Crippen molar-refractivity contribution in [2.45, 2.75) is 32.3 Å². The average molecular weight is 359 g/mol. The number of aryl methyl sites for hydroxylation is 1. The lowest BCUT2D eigenvalue weighted by atomic mass is 9.86. The molecule has 0 saturated heterocycles. The molecule has 1 aromatic heterocycles. The number of halogens is 1. The molecule has 2 unspecified atom stereocenters. The van der Waals surface area contributed by atoms with Crippen LogP contribution in [-0.4, -0.2) is 33.1 Å². The van der Waals surface area contributed by atoms with Crippen molar-refractivity contribution in [2.75, 3.05) is 5.32 Å². The number of carboxylic acid groups (broad SMARTS) is 1. The summed E-state index contributed by atoms with van der Waals surface area (Å²) >= 11 is 0. The van der Waals surface area contributed by atoms with Crippen molar-refractivity contribution < 1.29 is 23.8 Å². The van der Waals surface area contributed by atoms with E-state index in [4.69, 9.17) is 9.84 Å². The van der Waals surface area contributed by atoms with Crippen LogP contribution in [0.25, 0.3) is 0 Å². The molecule has 1 aliphatic carbocycles. The maximum Gasteiger partial charge on any atom is 0.344 e. The Morgan fingerprint density at radius 3 is 2.96 bits per heavy atom. The molecule has 8 heteroatoms. The fourth-order valence-corrected chi connectivity index (χ4v) is 2.84. The molecule has 1 heterocycles. The van der Waals surface area contributed by atoms with E-state index in [-0.39, 0.29) is 23.3 Å². The fraction of sp³-hybridized carbons (Fsp3) is 0.333. The minimum absolute atomic E-state index is 0.179. The summed E-state index contributed by atoms with van der Waals surface area (Å²) in [6.07, 6.45) is 3.95. The summed E-state index contributed by atoms with van der Waals surface area (Å²) in [5.74, 6) is -2.55. The molecule has 0 saturated carbocycles. The van der Waals surface area contributed by atoms with Crippen LogP contribution in [0.3, 0.4) is 0 Å². The van der Waals surface area contributed by atoms with Gasteiger partial charge in [-0.3, -0.25) is 4.79 Å². The lowest BCUT2D eigenvalue weighted by Gasteiger charge is -2.22. The van der Waals surface area contributed by atoms with E-state index in [2.05, 4.69) is 15.3 Å². The van der Waals surface area contributed by atoms with E-state index in [1.54, 1.807) is 6.20 Å². The maximum atomic E-state index is 14.1. The van der Waals surface area contributed by atoms with Gasteiger partial charge in [0.05, 0.1) is 0 Å². The molecule has 0 aliphatic heterocycles. The zero-order valence-electron chi connectivity index (χ0n) is 14.1. The Bertz CT molecular complexity index is 843. The van der Waals surface area contributed by atoms with Crippen molar-refractivity contribution in [2.24, 2.45) is 5.92 Å². The summed E-state index contributed by atoms with van der Waals surface area (Å²) in [6.45, 7) is 1.31. The molecule has 3 rings (SSSR count). The van der Waals surface area contributed by atoms with Gasteiger partial charge in [0.15, 0.2) is 17.7 Å². The Morgan fingerprint density at radius 2 is 2.23 bits per heavy atom. The Morgan fingerprint density at radius 1 is 1.42 bits per heavy atom. The number of amides is 1. The molecule has 26 heavy (non-hydrogen) atoms. The summed E-state index contributed by atoms with van der Waals surface area (Å²) in [5.41, 5.74) is 2.21. The Balaban J connectivity index is 1.65. The predicted octanol–water partition coefficient (Wildman–Crippen LogP) is 2.21. The quantitative estimate of drug-likeness (QED) is 0.849. The topological polar surface area (TPSA) is 101 Å². The van der Waals surface area contributed by atoms with Gasteiger partial charge in [0.25, 0.3) is 0 Å². The summed E-state index contributed by atoms with van der Waals surface area (Å²) in [7, 11) is 0. The van der Waals surface area contributed by atoms with Crippen LogP contribution in [0.5, 0.6) is 5.75 Å². The van der Waals surface area contributed by atoms with Crippen LogP contribution >= 0.6 is 0 Å². The molecule has 0 radical (unpaired) electrons. The summed E-state index contributed by atoms with van der Waals surface area (Å²) < 4.78 is 19.1. The average Bonchev–Trinajstić information content (AvgIpc) is 2.63. The normalized spacial score (nSPS) is 17.1. The van der Waals surface area contributed by atoms with Crippen LogP contribution in [0.15, 0.2) is 30.7 Å². The third-order valence-corrected chi connectivity index (χ3v) is 4.30. The lowest BCUT2D eigenvalue weighted by molar-refractivity contribution is -0.144. The number of carbonyl (C=O) groups excluding carboxylic acids is 1. The molecule has 1 aliphatic rings. The molecule has 1 aromatic carbocycles. The van der Waals surface area contributed by atoms with Crippen molar-refractivity contribution in [3.8, 4) is 5.75 Å². The Labute approximate surface area is 149 Å². The number of rotatable bonds is 5. The van der Waals surface area contributed by atoms with Crippen LogP contribution in [0.1, 0.15) is 24.6 Å². The molecule has 2 N–H and O–H groups in total. The summed E-state index contributed by atoms with van der Waals surface area (Å²) in [6, 6.07) is 3.89. The zero-order chi connectivity index (χ0) is 18.7. The van der Waals surface area contributed by atoms with Gasteiger partial charge in [-0.1, -0.05) is 0 Å². The van der Waals surface area contributed by atoms with Crippen molar-refractivity contribution in [3.05, 3.63) is 47.8 Å². The van der Waals surface area contributed by atoms with Gasteiger partial charge in [-0.15, -0.1) is 0 Å². The van der Waals surface area contributed by atoms with E-state index in [9.17, 15) is 14.0 Å². The highest BCUT2D eigenvalue weighted by Gasteiger charge is 2.26. The summed E-state index contributed by atoms with van der Waals surface area (Å²) in [5, 5.41) is 11.5. The number of hydrogen-bond donors (Lipinski definition) is 2. The van der Waals surface area contributed by atoms with Gasteiger partial charge in [-0.05, 0) is 43.9 Å².